The second-order valence-corrected chi connectivity index (χ2v) is 4.89. The van der Waals surface area contributed by atoms with Crippen LogP contribution < -0.4 is 5.32 Å². The van der Waals surface area contributed by atoms with Crippen molar-refractivity contribution < 1.29 is 5.11 Å². The van der Waals surface area contributed by atoms with Gasteiger partial charge in [-0.15, -0.1) is 0 Å². The molecule has 0 saturated carbocycles. The van der Waals surface area contributed by atoms with Crippen LogP contribution >= 0.6 is 0 Å². The van der Waals surface area contributed by atoms with Crippen LogP contribution in [0.4, 0.5) is 0 Å². The van der Waals surface area contributed by atoms with Crippen molar-refractivity contribution in [2.24, 2.45) is 5.92 Å². The van der Waals surface area contributed by atoms with Crippen molar-refractivity contribution in [2.45, 2.75) is 19.1 Å². The molecule has 2 rings (SSSR count). The summed E-state index contributed by atoms with van der Waals surface area (Å²) < 4.78 is 0. The van der Waals surface area contributed by atoms with E-state index < -0.39 is 6.10 Å². The Morgan fingerprint density at radius 1 is 0.842 bits per heavy atom. The Morgan fingerprint density at radius 3 is 1.79 bits per heavy atom. The molecule has 2 heteroatoms. The minimum absolute atomic E-state index is 0.0924. The van der Waals surface area contributed by atoms with Gasteiger partial charge in [0.25, 0.3) is 0 Å². The summed E-state index contributed by atoms with van der Waals surface area (Å²) in [6.07, 6.45) is -0.473. The minimum atomic E-state index is -0.473. The van der Waals surface area contributed by atoms with Crippen molar-refractivity contribution in [1.29, 1.82) is 0 Å². The molecule has 0 heterocycles. The van der Waals surface area contributed by atoms with Crippen LogP contribution in [0.5, 0.6) is 0 Å². The average Bonchev–Trinajstić information content (AvgIpc) is 2.49. The fraction of sp³-hybridized carbons (Fsp3) is 0.294. The van der Waals surface area contributed by atoms with Crippen molar-refractivity contribution in [1.82, 2.24) is 5.32 Å². The highest BCUT2D eigenvalue weighted by molar-refractivity contribution is 5.23. The van der Waals surface area contributed by atoms with Gasteiger partial charge in [-0.05, 0) is 18.2 Å². The van der Waals surface area contributed by atoms with E-state index in [9.17, 15) is 5.11 Å². The lowest BCUT2D eigenvalue weighted by atomic mass is 9.87. The zero-order chi connectivity index (χ0) is 13.7. The largest absolute Gasteiger partial charge is 0.388 e. The first-order valence-corrected chi connectivity index (χ1v) is 6.69. The third-order valence-corrected chi connectivity index (χ3v) is 3.63. The van der Waals surface area contributed by atoms with Gasteiger partial charge in [0, 0.05) is 12.0 Å². The van der Waals surface area contributed by atoms with E-state index in [1.165, 1.54) is 5.56 Å². The van der Waals surface area contributed by atoms with Crippen LogP contribution in [0.15, 0.2) is 60.7 Å². The van der Waals surface area contributed by atoms with E-state index in [1.807, 2.05) is 55.6 Å². The van der Waals surface area contributed by atoms with Gasteiger partial charge in [0.1, 0.15) is 0 Å². The van der Waals surface area contributed by atoms with Gasteiger partial charge >= 0.3 is 0 Å². The fourth-order valence-corrected chi connectivity index (χ4v) is 2.53. The first kappa shape index (κ1) is 13.8. The molecule has 2 aromatic carbocycles. The van der Waals surface area contributed by atoms with E-state index >= 15 is 0 Å². The number of hydrogen-bond acceptors (Lipinski definition) is 2. The Morgan fingerprint density at radius 2 is 1.32 bits per heavy atom. The van der Waals surface area contributed by atoms with Gasteiger partial charge in [-0.3, -0.25) is 0 Å². The summed E-state index contributed by atoms with van der Waals surface area (Å²) in [7, 11) is 1.94. The molecule has 0 aliphatic heterocycles. The summed E-state index contributed by atoms with van der Waals surface area (Å²) in [5.74, 6) is 0.0924. The zero-order valence-corrected chi connectivity index (χ0v) is 11.5. The Hall–Kier alpha value is -1.64. The van der Waals surface area contributed by atoms with Gasteiger partial charge < -0.3 is 10.4 Å². The highest BCUT2D eigenvalue weighted by Gasteiger charge is 2.25. The summed E-state index contributed by atoms with van der Waals surface area (Å²) in [4.78, 5) is 0. The highest BCUT2D eigenvalue weighted by atomic mass is 16.3. The molecule has 2 nitrogen and oxygen atoms in total. The Bertz CT molecular complexity index is 483. The lowest BCUT2D eigenvalue weighted by Crippen LogP contribution is -2.27. The molecule has 0 radical (unpaired) electrons. The molecule has 3 atom stereocenters. The molecule has 19 heavy (non-hydrogen) atoms. The van der Waals surface area contributed by atoms with E-state index in [-0.39, 0.29) is 12.0 Å². The van der Waals surface area contributed by atoms with Crippen LogP contribution in [0.1, 0.15) is 30.2 Å². The van der Waals surface area contributed by atoms with E-state index in [4.69, 9.17) is 0 Å². The summed E-state index contributed by atoms with van der Waals surface area (Å²) in [6, 6.07) is 20.2. The average molecular weight is 255 g/mol. The van der Waals surface area contributed by atoms with Crippen LogP contribution in [0.2, 0.25) is 0 Å². The Kier molecular flexibility index (Phi) is 4.72. The van der Waals surface area contributed by atoms with Crippen molar-refractivity contribution in [2.75, 3.05) is 7.05 Å². The molecule has 0 aromatic heterocycles. The summed E-state index contributed by atoms with van der Waals surface area (Å²) in [5.41, 5.74) is 2.17. The molecule has 0 saturated heterocycles. The molecule has 100 valence electrons. The lowest BCUT2D eigenvalue weighted by Gasteiger charge is -2.28. The predicted octanol–water partition coefficient (Wildman–Crippen LogP) is 3.32. The molecular weight excluding hydrogens is 234 g/mol. The molecule has 0 amide bonds. The van der Waals surface area contributed by atoms with Gasteiger partial charge in [0.15, 0.2) is 0 Å². The van der Waals surface area contributed by atoms with Gasteiger partial charge in [0.05, 0.1) is 6.10 Å². The van der Waals surface area contributed by atoms with Crippen LogP contribution in [-0.2, 0) is 0 Å². The van der Waals surface area contributed by atoms with Gasteiger partial charge in [-0.1, -0.05) is 67.6 Å². The van der Waals surface area contributed by atoms with Crippen LogP contribution in [0, 0.1) is 5.92 Å². The van der Waals surface area contributed by atoms with Crippen LogP contribution in [-0.4, -0.2) is 12.2 Å². The summed E-state index contributed by atoms with van der Waals surface area (Å²) >= 11 is 0. The maximum absolute atomic E-state index is 10.5. The van der Waals surface area contributed by atoms with E-state index in [0.29, 0.717) is 0 Å². The van der Waals surface area contributed by atoms with Gasteiger partial charge in [-0.2, -0.15) is 0 Å². The molecular formula is C17H21NO. The topological polar surface area (TPSA) is 32.3 Å². The normalized spacial score (nSPS) is 15.7. The number of rotatable bonds is 5. The molecule has 2 N–H and O–H groups in total. The summed E-state index contributed by atoms with van der Waals surface area (Å²) in [6.45, 7) is 2.08. The number of aliphatic hydroxyl groups excluding tert-OH is 1. The molecule has 0 fully saturated rings. The first-order chi connectivity index (χ1) is 9.24. The van der Waals surface area contributed by atoms with Crippen molar-refractivity contribution in [3.8, 4) is 0 Å². The van der Waals surface area contributed by atoms with Gasteiger partial charge in [-0.25, -0.2) is 0 Å². The molecule has 0 aliphatic carbocycles. The number of hydrogen-bond donors (Lipinski definition) is 2. The minimum Gasteiger partial charge on any atom is -0.388 e. The number of nitrogens with one attached hydrogen (secondary N) is 1. The maximum Gasteiger partial charge on any atom is 0.0833 e. The molecule has 2 aromatic rings. The van der Waals surface area contributed by atoms with Crippen molar-refractivity contribution >= 4 is 0 Å². The second kappa shape index (κ2) is 6.50. The SMILES string of the molecule is CN[C@H](c1ccccc1)[C@@H](C)[C@H](O)c1ccccc1. The molecule has 0 bridgehead atoms. The monoisotopic (exact) mass is 255 g/mol. The van der Waals surface area contributed by atoms with E-state index in [2.05, 4.69) is 24.4 Å². The van der Waals surface area contributed by atoms with Crippen molar-refractivity contribution in [3.05, 3.63) is 71.8 Å². The zero-order valence-electron chi connectivity index (χ0n) is 11.5. The van der Waals surface area contributed by atoms with Crippen LogP contribution in [0.25, 0.3) is 0 Å². The third-order valence-electron chi connectivity index (χ3n) is 3.63. The predicted molar refractivity (Wildman–Crippen MR) is 78.8 cm³/mol. The van der Waals surface area contributed by atoms with Crippen molar-refractivity contribution in [3.63, 3.8) is 0 Å². The summed E-state index contributed by atoms with van der Waals surface area (Å²) in [5, 5.41) is 13.8. The first-order valence-electron chi connectivity index (χ1n) is 6.69. The van der Waals surface area contributed by atoms with E-state index in [0.717, 1.165) is 5.56 Å². The second-order valence-electron chi connectivity index (χ2n) is 4.89. The quantitative estimate of drug-likeness (QED) is 0.859. The standard InChI is InChI=1S/C17H21NO/c1-13(17(19)15-11-7-4-8-12-15)16(18-2)14-9-5-3-6-10-14/h3-13,16-19H,1-2H3/t13-,16+,17+/m1/s1. The number of aliphatic hydroxyl groups is 1. The Balaban J connectivity index is 2.20. The van der Waals surface area contributed by atoms with Gasteiger partial charge in [0.2, 0.25) is 0 Å². The van der Waals surface area contributed by atoms with Crippen LogP contribution in [0.3, 0.4) is 0 Å². The number of benzene rings is 2. The maximum atomic E-state index is 10.5. The smallest absolute Gasteiger partial charge is 0.0833 e. The lowest BCUT2D eigenvalue weighted by molar-refractivity contribution is 0.0956. The molecule has 0 spiro atoms. The fourth-order valence-electron chi connectivity index (χ4n) is 2.53. The Labute approximate surface area is 115 Å². The third kappa shape index (κ3) is 3.22. The molecule has 0 aliphatic rings. The molecule has 0 unspecified atom stereocenters. The highest BCUT2D eigenvalue weighted by Crippen LogP contribution is 2.32. The van der Waals surface area contributed by atoms with E-state index in [1.54, 1.807) is 0 Å².